The van der Waals surface area contributed by atoms with Crippen molar-refractivity contribution in [1.82, 2.24) is 0 Å². The molecule has 0 saturated carbocycles. The predicted molar refractivity (Wildman–Crippen MR) is 77.4 cm³/mol. The lowest BCUT2D eigenvalue weighted by molar-refractivity contribution is -0.131. The Morgan fingerprint density at radius 2 is 2.05 bits per heavy atom. The number of hydrogen-bond donors (Lipinski definition) is 1. The molecule has 0 aliphatic heterocycles. The molecular weight excluding hydrogens is 240 g/mol. The van der Waals surface area contributed by atoms with Crippen LogP contribution in [0.1, 0.15) is 38.3 Å². The van der Waals surface area contributed by atoms with E-state index in [9.17, 15) is 4.79 Å². The van der Waals surface area contributed by atoms with Crippen molar-refractivity contribution < 1.29 is 14.6 Å². The Bertz CT molecular complexity index is 467. The number of aliphatic carboxylic acids is 1. The molecule has 0 aliphatic rings. The zero-order chi connectivity index (χ0) is 14.5. The highest BCUT2D eigenvalue weighted by Crippen LogP contribution is 2.26. The third-order valence-electron chi connectivity index (χ3n) is 2.75. The molecule has 0 bridgehead atoms. The van der Waals surface area contributed by atoms with Crippen LogP contribution in [0, 0.1) is 12.3 Å². The molecule has 0 radical (unpaired) electrons. The molecule has 1 aromatic carbocycles. The Hall–Kier alpha value is -1.77. The molecule has 0 atom stereocenters. The molecule has 0 saturated heterocycles. The first-order valence-corrected chi connectivity index (χ1v) is 6.43. The molecule has 1 aromatic rings. The largest absolute Gasteiger partial charge is 0.493 e. The van der Waals surface area contributed by atoms with E-state index < -0.39 is 5.97 Å². The summed E-state index contributed by atoms with van der Waals surface area (Å²) in [5.41, 5.74) is 2.04. The number of aryl methyl sites for hydroxylation is 1. The summed E-state index contributed by atoms with van der Waals surface area (Å²) < 4.78 is 5.83. The van der Waals surface area contributed by atoms with Crippen molar-refractivity contribution in [2.24, 2.45) is 5.41 Å². The van der Waals surface area contributed by atoms with Crippen LogP contribution in [0.5, 0.6) is 5.75 Å². The fraction of sp³-hybridized carbons (Fsp3) is 0.438. The maximum Gasteiger partial charge on any atom is 0.328 e. The highest BCUT2D eigenvalue weighted by atomic mass is 16.5. The van der Waals surface area contributed by atoms with E-state index in [1.54, 1.807) is 6.08 Å². The minimum Gasteiger partial charge on any atom is -0.493 e. The molecule has 0 spiro atoms. The molecule has 1 N–H and O–H groups in total. The maximum atomic E-state index is 10.6. The van der Waals surface area contributed by atoms with Gasteiger partial charge >= 0.3 is 5.97 Å². The van der Waals surface area contributed by atoms with Gasteiger partial charge in [0.15, 0.2) is 0 Å². The van der Waals surface area contributed by atoms with Gasteiger partial charge in [-0.25, -0.2) is 4.79 Å². The Labute approximate surface area is 114 Å². The Balaban J connectivity index is 2.83. The summed E-state index contributed by atoms with van der Waals surface area (Å²) in [6.45, 7) is 9.09. The second-order valence-electron chi connectivity index (χ2n) is 5.82. The van der Waals surface area contributed by atoms with Crippen LogP contribution in [0.4, 0.5) is 0 Å². The van der Waals surface area contributed by atoms with Gasteiger partial charge in [0.1, 0.15) is 5.75 Å². The van der Waals surface area contributed by atoms with Crippen molar-refractivity contribution in [3.05, 3.63) is 35.4 Å². The van der Waals surface area contributed by atoms with Crippen LogP contribution >= 0.6 is 0 Å². The Morgan fingerprint density at radius 3 is 2.63 bits per heavy atom. The van der Waals surface area contributed by atoms with E-state index in [0.717, 1.165) is 29.4 Å². The summed E-state index contributed by atoms with van der Waals surface area (Å²) in [5.74, 6) is -0.189. The minimum atomic E-state index is -0.956. The van der Waals surface area contributed by atoms with Gasteiger partial charge in [0, 0.05) is 11.6 Å². The summed E-state index contributed by atoms with van der Waals surface area (Å²) >= 11 is 0. The first kappa shape index (κ1) is 15.3. The molecule has 1 rings (SSSR count). The number of carboxylic acids is 1. The van der Waals surface area contributed by atoms with Crippen molar-refractivity contribution in [2.45, 2.75) is 34.1 Å². The van der Waals surface area contributed by atoms with Gasteiger partial charge in [-0.15, -0.1) is 0 Å². The lowest BCUT2D eigenvalue weighted by Crippen LogP contribution is -2.11. The lowest BCUT2D eigenvalue weighted by Gasteiger charge is -2.19. The van der Waals surface area contributed by atoms with Gasteiger partial charge in [-0.05, 0) is 30.4 Å². The highest BCUT2D eigenvalue weighted by molar-refractivity contribution is 5.86. The summed E-state index contributed by atoms with van der Waals surface area (Å²) in [5, 5.41) is 8.69. The number of benzene rings is 1. The fourth-order valence-electron chi connectivity index (χ4n) is 1.62. The molecule has 0 amide bonds. The van der Waals surface area contributed by atoms with E-state index >= 15 is 0 Å². The molecule has 0 unspecified atom stereocenters. The maximum absolute atomic E-state index is 10.6. The average molecular weight is 262 g/mol. The normalized spacial score (nSPS) is 11.8. The van der Waals surface area contributed by atoms with Crippen LogP contribution < -0.4 is 4.74 Å². The molecule has 0 heterocycles. The van der Waals surface area contributed by atoms with E-state index in [4.69, 9.17) is 9.84 Å². The van der Waals surface area contributed by atoms with E-state index in [1.165, 1.54) is 0 Å². The summed E-state index contributed by atoms with van der Waals surface area (Å²) in [7, 11) is 0. The third-order valence-corrected chi connectivity index (χ3v) is 2.75. The molecule has 0 fully saturated rings. The van der Waals surface area contributed by atoms with E-state index in [2.05, 4.69) is 20.8 Å². The van der Waals surface area contributed by atoms with Crippen LogP contribution in [0.3, 0.4) is 0 Å². The summed E-state index contributed by atoms with van der Waals surface area (Å²) in [4.78, 5) is 10.6. The van der Waals surface area contributed by atoms with Crippen LogP contribution in [0.25, 0.3) is 6.08 Å². The van der Waals surface area contributed by atoms with Crippen LogP contribution in [0.2, 0.25) is 0 Å². The van der Waals surface area contributed by atoms with Gasteiger partial charge in [-0.3, -0.25) is 0 Å². The van der Waals surface area contributed by atoms with Gasteiger partial charge in [-0.1, -0.05) is 39.0 Å². The number of para-hydroxylation sites is 1. The van der Waals surface area contributed by atoms with Crippen LogP contribution in [0.15, 0.2) is 24.3 Å². The molecule has 19 heavy (non-hydrogen) atoms. The monoisotopic (exact) mass is 262 g/mol. The average Bonchev–Trinajstić information content (AvgIpc) is 2.27. The van der Waals surface area contributed by atoms with Crippen molar-refractivity contribution in [3.63, 3.8) is 0 Å². The summed E-state index contributed by atoms with van der Waals surface area (Å²) in [6, 6.07) is 5.72. The Kier molecular flexibility index (Phi) is 5.16. The number of ether oxygens (including phenoxy) is 1. The first-order chi connectivity index (χ1) is 8.79. The summed E-state index contributed by atoms with van der Waals surface area (Å²) in [6.07, 6.45) is 3.65. The van der Waals surface area contributed by atoms with Crippen LogP contribution in [-0.2, 0) is 4.79 Å². The van der Waals surface area contributed by atoms with Crippen LogP contribution in [-0.4, -0.2) is 17.7 Å². The quantitative estimate of drug-likeness (QED) is 0.818. The standard InChI is InChI=1S/C16H22O3/c1-12-6-5-7-13(8-9-14(17)18)15(12)19-11-10-16(2,3)4/h5-9H,10-11H2,1-4H3,(H,17,18)/b9-8+. The first-order valence-electron chi connectivity index (χ1n) is 6.43. The van der Waals surface area contributed by atoms with Gasteiger partial charge in [0.2, 0.25) is 0 Å². The van der Waals surface area contributed by atoms with E-state index in [-0.39, 0.29) is 5.41 Å². The second kappa shape index (κ2) is 6.41. The molecule has 3 nitrogen and oxygen atoms in total. The number of rotatable bonds is 5. The van der Waals surface area contributed by atoms with Crippen molar-refractivity contribution in [2.75, 3.05) is 6.61 Å². The van der Waals surface area contributed by atoms with Gasteiger partial charge in [-0.2, -0.15) is 0 Å². The van der Waals surface area contributed by atoms with Gasteiger partial charge in [0.25, 0.3) is 0 Å². The Morgan fingerprint density at radius 1 is 1.37 bits per heavy atom. The van der Waals surface area contributed by atoms with E-state index in [1.807, 2.05) is 25.1 Å². The third kappa shape index (κ3) is 5.60. The van der Waals surface area contributed by atoms with Gasteiger partial charge in [0.05, 0.1) is 6.61 Å². The SMILES string of the molecule is Cc1cccc(/C=C/C(=O)O)c1OCCC(C)(C)C. The lowest BCUT2D eigenvalue weighted by atomic mass is 9.93. The minimum absolute atomic E-state index is 0.222. The van der Waals surface area contributed by atoms with Crippen molar-refractivity contribution in [3.8, 4) is 5.75 Å². The zero-order valence-corrected chi connectivity index (χ0v) is 12.1. The number of carboxylic acid groups (broad SMARTS) is 1. The molecule has 3 heteroatoms. The molecule has 0 aliphatic carbocycles. The molecular formula is C16H22O3. The predicted octanol–water partition coefficient (Wildman–Crippen LogP) is 3.91. The van der Waals surface area contributed by atoms with E-state index in [0.29, 0.717) is 6.61 Å². The van der Waals surface area contributed by atoms with Gasteiger partial charge < -0.3 is 9.84 Å². The topological polar surface area (TPSA) is 46.5 Å². The smallest absolute Gasteiger partial charge is 0.328 e. The number of carbonyl (C=O) groups is 1. The zero-order valence-electron chi connectivity index (χ0n) is 12.1. The fourth-order valence-corrected chi connectivity index (χ4v) is 1.62. The number of hydrogen-bond acceptors (Lipinski definition) is 2. The molecule has 0 aromatic heterocycles. The molecule has 104 valence electrons. The highest BCUT2D eigenvalue weighted by Gasteiger charge is 2.11. The van der Waals surface area contributed by atoms with Crippen molar-refractivity contribution >= 4 is 12.0 Å². The second-order valence-corrected chi connectivity index (χ2v) is 5.82. The van der Waals surface area contributed by atoms with Crippen molar-refractivity contribution in [1.29, 1.82) is 0 Å².